The van der Waals surface area contributed by atoms with E-state index in [4.69, 9.17) is 19.8 Å². The van der Waals surface area contributed by atoms with E-state index in [0.717, 1.165) is 0 Å². The molecule has 0 radical (unpaired) electrons. The van der Waals surface area contributed by atoms with E-state index in [1.165, 1.54) is 0 Å². The van der Waals surface area contributed by atoms with E-state index in [0.29, 0.717) is 18.1 Å². The summed E-state index contributed by atoms with van der Waals surface area (Å²) in [7, 11) is -0.558. The molecule has 19 heavy (non-hydrogen) atoms. The van der Waals surface area contributed by atoms with Gasteiger partial charge in [0.05, 0.1) is 23.4 Å². The van der Waals surface area contributed by atoms with Gasteiger partial charge < -0.3 is 19.8 Å². The van der Waals surface area contributed by atoms with Crippen molar-refractivity contribution >= 4 is 18.5 Å². The Morgan fingerprint density at radius 3 is 2.37 bits per heavy atom. The fourth-order valence-corrected chi connectivity index (χ4v) is 1.71. The van der Waals surface area contributed by atoms with E-state index in [2.05, 4.69) is 9.97 Å². The van der Waals surface area contributed by atoms with Crippen LogP contribution < -0.4 is 16.1 Å². The normalized spacial score (nSPS) is 20.6. The summed E-state index contributed by atoms with van der Waals surface area (Å²) in [5, 5.41) is 0. The highest BCUT2D eigenvalue weighted by Gasteiger charge is 2.52. The van der Waals surface area contributed by atoms with Gasteiger partial charge in [-0.15, -0.1) is 0 Å². The van der Waals surface area contributed by atoms with Crippen molar-refractivity contribution < 1.29 is 14.0 Å². The fourth-order valence-electron chi connectivity index (χ4n) is 1.71. The first-order valence-electron chi connectivity index (χ1n) is 6.37. The average Bonchev–Trinajstić information content (AvgIpc) is 2.51. The van der Waals surface area contributed by atoms with Gasteiger partial charge >= 0.3 is 7.12 Å². The molecule has 0 saturated carbocycles. The summed E-state index contributed by atoms with van der Waals surface area (Å²) in [6.45, 7) is 10.3. The lowest BCUT2D eigenvalue weighted by molar-refractivity contribution is 0.00578. The zero-order valence-corrected chi connectivity index (χ0v) is 12.1. The zero-order valence-electron chi connectivity index (χ0n) is 12.1. The Kier molecular flexibility index (Phi) is 3.44. The number of rotatable bonds is 3. The maximum atomic E-state index is 5.90. The Labute approximate surface area is 113 Å². The summed E-state index contributed by atoms with van der Waals surface area (Å²) in [6.07, 6.45) is 1.56. The summed E-state index contributed by atoms with van der Waals surface area (Å²) < 4.78 is 17.1. The van der Waals surface area contributed by atoms with E-state index < -0.39 is 18.3 Å². The minimum atomic E-state index is -0.558. The van der Waals surface area contributed by atoms with Crippen molar-refractivity contribution in [3.63, 3.8) is 0 Å². The molecule has 0 amide bonds. The monoisotopic (exact) mass is 265 g/mol. The van der Waals surface area contributed by atoms with Crippen LogP contribution in [0.2, 0.25) is 0 Å². The molecular formula is C12H20BN3O3. The van der Waals surface area contributed by atoms with Gasteiger partial charge in [0.2, 0.25) is 0 Å². The molecule has 1 aromatic rings. The summed E-state index contributed by atoms with van der Waals surface area (Å²) >= 11 is 0. The smallest absolute Gasteiger partial charge is 0.475 e. The molecule has 0 spiro atoms. The number of aromatic nitrogens is 2. The number of nitrogens with two attached hydrogens (primary N) is 1. The molecule has 0 unspecified atom stereocenters. The molecule has 1 fully saturated rings. The SMILES string of the molecule is CCOc1nc(B2OC(C)(C)C(C)(C)O2)cnc1N. The lowest BCUT2D eigenvalue weighted by atomic mass is 9.85. The van der Waals surface area contributed by atoms with Crippen LogP contribution in [0.25, 0.3) is 0 Å². The Morgan fingerprint density at radius 1 is 1.26 bits per heavy atom. The third kappa shape index (κ3) is 2.53. The molecule has 104 valence electrons. The van der Waals surface area contributed by atoms with Gasteiger partial charge in [-0.3, -0.25) is 0 Å². The second-order valence-corrected chi connectivity index (χ2v) is 5.51. The van der Waals surface area contributed by atoms with Crippen molar-refractivity contribution in [1.82, 2.24) is 9.97 Å². The summed E-state index contributed by atoms with van der Waals surface area (Å²) in [4.78, 5) is 8.38. The lowest BCUT2D eigenvalue weighted by Crippen LogP contribution is -2.41. The average molecular weight is 265 g/mol. The highest BCUT2D eigenvalue weighted by molar-refractivity contribution is 6.61. The molecule has 1 saturated heterocycles. The van der Waals surface area contributed by atoms with Crippen molar-refractivity contribution in [2.45, 2.75) is 45.8 Å². The predicted molar refractivity (Wildman–Crippen MR) is 73.3 cm³/mol. The van der Waals surface area contributed by atoms with E-state index in [1.54, 1.807) is 6.20 Å². The summed E-state index contributed by atoms with van der Waals surface area (Å²) in [6, 6.07) is 0. The number of hydrogen-bond acceptors (Lipinski definition) is 6. The first-order chi connectivity index (χ1) is 8.77. The topological polar surface area (TPSA) is 79.5 Å². The number of anilines is 1. The van der Waals surface area contributed by atoms with Crippen molar-refractivity contribution in [1.29, 1.82) is 0 Å². The maximum Gasteiger partial charge on any atom is 0.516 e. The molecule has 6 nitrogen and oxygen atoms in total. The third-order valence-electron chi connectivity index (χ3n) is 3.56. The molecule has 0 atom stereocenters. The van der Waals surface area contributed by atoms with Gasteiger partial charge in [0.15, 0.2) is 5.82 Å². The highest BCUT2D eigenvalue weighted by Crippen LogP contribution is 2.36. The Morgan fingerprint density at radius 2 is 1.84 bits per heavy atom. The Balaban J connectivity index is 2.27. The fraction of sp³-hybridized carbons (Fsp3) is 0.667. The van der Waals surface area contributed by atoms with Crippen molar-refractivity contribution in [2.24, 2.45) is 0 Å². The first-order valence-corrected chi connectivity index (χ1v) is 6.37. The predicted octanol–water partition coefficient (Wildman–Crippen LogP) is 0.757. The molecule has 1 aliphatic rings. The molecule has 2 heterocycles. The molecule has 7 heteroatoms. The molecular weight excluding hydrogens is 245 g/mol. The first kappa shape index (κ1) is 14.1. The van der Waals surface area contributed by atoms with Crippen LogP contribution in [0, 0.1) is 0 Å². The second kappa shape index (κ2) is 4.65. The summed E-state index contributed by atoms with van der Waals surface area (Å²) in [5.41, 5.74) is 5.45. The molecule has 0 aromatic carbocycles. The largest absolute Gasteiger partial charge is 0.516 e. The third-order valence-corrected chi connectivity index (χ3v) is 3.56. The van der Waals surface area contributed by atoms with Gasteiger partial charge in [-0.05, 0) is 34.6 Å². The van der Waals surface area contributed by atoms with Gasteiger partial charge in [-0.25, -0.2) is 9.97 Å². The molecule has 1 aromatic heterocycles. The van der Waals surface area contributed by atoms with Gasteiger partial charge in [0, 0.05) is 6.20 Å². The number of nitrogen functional groups attached to an aromatic ring is 1. The van der Waals surface area contributed by atoms with Gasteiger partial charge in [0.25, 0.3) is 5.88 Å². The van der Waals surface area contributed by atoms with Crippen LogP contribution in [-0.4, -0.2) is 34.9 Å². The quantitative estimate of drug-likeness (QED) is 0.812. The zero-order chi connectivity index (χ0) is 14.3. The Bertz CT molecular complexity index is 463. The standard InChI is InChI=1S/C12H20BN3O3/c1-6-17-10-9(14)15-7-8(16-10)13-18-11(2,3)12(4,5)19-13/h7H,6H2,1-5H3,(H2,14,15). The van der Waals surface area contributed by atoms with Crippen LogP contribution in [0.4, 0.5) is 5.82 Å². The number of ether oxygens (including phenoxy) is 1. The number of nitrogens with zero attached hydrogens (tertiary/aromatic N) is 2. The van der Waals surface area contributed by atoms with Gasteiger partial charge in [-0.2, -0.15) is 0 Å². The highest BCUT2D eigenvalue weighted by atomic mass is 16.7. The van der Waals surface area contributed by atoms with Crippen molar-refractivity contribution in [3.8, 4) is 5.88 Å². The molecule has 0 aliphatic carbocycles. The maximum absolute atomic E-state index is 5.90. The minimum absolute atomic E-state index is 0.266. The van der Waals surface area contributed by atoms with E-state index in [9.17, 15) is 0 Å². The second-order valence-electron chi connectivity index (χ2n) is 5.51. The van der Waals surface area contributed by atoms with Crippen LogP contribution in [-0.2, 0) is 9.31 Å². The Hall–Kier alpha value is -1.34. The van der Waals surface area contributed by atoms with Crippen LogP contribution >= 0.6 is 0 Å². The minimum Gasteiger partial charge on any atom is -0.475 e. The molecule has 2 N–H and O–H groups in total. The van der Waals surface area contributed by atoms with Crippen LogP contribution in [0.15, 0.2) is 6.20 Å². The van der Waals surface area contributed by atoms with Crippen LogP contribution in [0.1, 0.15) is 34.6 Å². The van der Waals surface area contributed by atoms with E-state index in [-0.39, 0.29) is 5.82 Å². The lowest BCUT2D eigenvalue weighted by Gasteiger charge is -2.32. The molecule has 0 bridgehead atoms. The van der Waals surface area contributed by atoms with Crippen LogP contribution in [0.3, 0.4) is 0 Å². The van der Waals surface area contributed by atoms with Gasteiger partial charge in [0.1, 0.15) is 0 Å². The van der Waals surface area contributed by atoms with Gasteiger partial charge in [-0.1, -0.05) is 0 Å². The van der Waals surface area contributed by atoms with Crippen LogP contribution in [0.5, 0.6) is 5.88 Å². The van der Waals surface area contributed by atoms with Crippen molar-refractivity contribution in [2.75, 3.05) is 12.3 Å². The summed E-state index contributed by atoms with van der Waals surface area (Å²) in [5.74, 6) is 0.580. The molecule has 2 rings (SSSR count). The van der Waals surface area contributed by atoms with E-state index >= 15 is 0 Å². The molecule has 1 aliphatic heterocycles. The van der Waals surface area contributed by atoms with Crippen molar-refractivity contribution in [3.05, 3.63) is 6.20 Å². The number of hydrogen-bond donors (Lipinski definition) is 1. The van der Waals surface area contributed by atoms with E-state index in [1.807, 2.05) is 34.6 Å².